The van der Waals surface area contributed by atoms with Gasteiger partial charge in [0, 0.05) is 12.2 Å². The Bertz CT molecular complexity index is 299. The molecule has 1 aromatic carbocycles. The summed E-state index contributed by atoms with van der Waals surface area (Å²) >= 11 is 3.16. The third kappa shape index (κ3) is 2.69. The third-order valence-corrected chi connectivity index (χ3v) is 2.44. The minimum absolute atomic E-state index is 0.209. The van der Waals surface area contributed by atoms with Crippen molar-refractivity contribution in [1.82, 2.24) is 0 Å². The van der Waals surface area contributed by atoms with Gasteiger partial charge in [0.25, 0.3) is 0 Å². The molecule has 0 unspecified atom stereocenters. The molecule has 1 aromatic rings. The van der Waals surface area contributed by atoms with Crippen molar-refractivity contribution in [2.45, 2.75) is 20.3 Å². The number of halogens is 2. The average Bonchev–Trinajstić information content (AvgIpc) is 2.09. The molecule has 0 radical (unpaired) electrons. The zero-order valence-corrected chi connectivity index (χ0v) is 9.41. The van der Waals surface area contributed by atoms with Crippen LogP contribution in [0.15, 0.2) is 16.6 Å². The summed E-state index contributed by atoms with van der Waals surface area (Å²) in [5.41, 5.74) is 1.93. The number of rotatable bonds is 3. The lowest BCUT2D eigenvalue weighted by Crippen LogP contribution is -2.01. The lowest BCUT2D eigenvalue weighted by atomic mass is 10.2. The molecule has 0 saturated heterocycles. The van der Waals surface area contributed by atoms with E-state index in [0.29, 0.717) is 4.47 Å². The van der Waals surface area contributed by atoms with Crippen LogP contribution in [0, 0.1) is 12.7 Å². The Balaban J connectivity index is 2.88. The lowest BCUT2D eigenvalue weighted by Gasteiger charge is -2.09. The van der Waals surface area contributed by atoms with Crippen molar-refractivity contribution >= 4 is 21.6 Å². The molecule has 0 atom stereocenters. The van der Waals surface area contributed by atoms with Crippen LogP contribution in [0.25, 0.3) is 0 Å². The van der Waals surface area contributed by atoms with Crippen LogP contribution in [-0.2, 0) is 0 Å². The number of hydrogen-bond donors (Lipinski definition) is 1. The van der Waals surface area contributed by atoms with Crippen LogP contribution in [0.1, 0.15) is 18.9 Å². The molecule has 0 aliphatic carbocycles. The monoisotopic (exact) mass is 245 g/mol. The summed E-state index contributed by atoms with van der Waals surface area (Å²) in [6.07, 6.45) is 1.06. The maximum Gasteiger partial charge on any atom is 0.137 e. The smallest absolute Gasteiger partial charge is 0.137 e. The standard InChI is InChI=1S/C10H13BrFN/c1-3-4-13-10-6-8(11)9(12)5-7(10)2/h5-6,13H,3-4H2,1-2H3. The summed E-state index contributed by atoms with van der Waals surface area (Å²) in [6.45, 7) is 4.91. The number of anilines is 1. The molecule has 0 spiro atoms. The van der Waals surface area contributed by atoms with Crippen LogP contribution < -0.4 is 5.32 Å². The van der Waals surface area contributed by atoms with Gasteiger partial charge in [0.1, 0.15) is 5.82 Å². The number of aryl methyl sites for hydroxylation is 1. The van der Waals surface area contributed by atoms with E-state index in [1.165, 1.54) is 6.07 Å². The van der Waals surface area contributed by atoms with Crippen LogP contribution >= 0.6 is 15.9 Å². The van der Waals surface area contributed by atoms with Gasteiger partial charge in [0.05, 0.1) is 4.47 Å². The number of nitrogens with one attached hydrogen (secondary N) is 1. The zero-order chi connectivity index (χ0) is 9.84. The van der Waals surface area contributed by atoms with Crippen LogP contribution in [0.5, 0.6) is 0 Å². The van der Waals surface area contributed by atoms with Crippen molar-refractivity contribution in [3.63, 3.8) is 0 Å². The van der Waals surface area contributed by atoms with Gasteiger partial charge in [-0.25, -0.2) is 4.39 Å². The van der Waals surface area contributed by atoms with Gasteiger partial charge < -0.3 is 5.32 Å². The molecule has 13 heavy (non-hydrogen) atoms. The van der Waals surface area contributed by atoms with Gasteiger partial charge in [-0.15, -0.1) is 0 Å². The van der Waals surface area contributed by atoms with Gasteiger partial charge in [-0.1, -0.05) is 6.92 Å². The quantitative estimate of drug-likeness (QED) is 0.857. The minimum atomic E-state index is -0.209. The van der Waals surface area contributed by atoms with E-state index in [0.717, 1.165) is 24.2 Å². The Hall–Kier alpha value is -0.570. The zero-order valence-electron chi connectivity index (χ0n) is 7.82. The van der Waals surface area contributed by atoms with Crippen LogP contribution in [0.2, 0.25) is 0 Å². The number of benzene rings is 1. The average molecular weight is 246 g/mol. The molecule has 0 aliphatic heterocycles. The molecule has 0 aliphatic rings. The van der Waals surface area contributed by atoms with Gasteiger partial charge >= 0.3 is 0 Å². The first-order chi connectivity index (χ1) is 6.15. The Labute approximate surface area is 86.5 Å². The van der Waals surface area contributed by atoms with Crippen molar-refractivity contribution < 1.29 is 4.39 Å². The summed E-state index contributed by atoms with van der Waals surface area (Å²) in [5.74, 6) is -0.209. The molecular weight excluding hydrogens is 233 g/mol. The fourth-order valence-corrected chi connectivity index (χ4v) is 1.44. The fraction of sp³-hybridized carbons (Fsp3) is 0.400. The molecule has 1 rings (SSSR count). The maximum atomic E-state index is 13.0. The van der Waals surface area contributed by atoms with Gasteiger partial charge in [-0.2, -0.15) is 0 Å². The largest absolute Gasteiger partial charge is 0.385 e. The highest BCUT2D eigenvalue weighted by molar-refractivity contribution is 9.10. The first kappa shape index (κ1) is 10.5. The Morgan fingerprint density at radius 1 is 1.46 bits per heavy atom. The van der Waals surface area contributed by atoms with Crippen molar-refractivity contribution in [3.8, 4) is 0 Å². The van der Waals surface area contributed by atoms with Crippen molar-refractivity contribution in [2.24, 2.45) is 0 Å². The first-order valence-corrected chi connectivity index (χ1v) is 5.14. The van der Waals surface area contributed by atoms with Crippen molar-refractivity contribution in [2.75, 3.05) is 11.9 Å². The Morgan fingerprint density at radius 2 is 2.15 bits per heavy atom. The molecule has 3 heteroatoms. The number of hydrogen-bond acceptors (Lipinski definition) is 1. The molecule has 0 amide bonds. The summed E-state index contributed by atoms with van der Waals surface area (Å²) < 4.78 is 13.5. The molecular formula is C10H13BrFN. The normalized spacial score (nSPS) is 10.2. The molecule has 0 aromatic heterocycles. The van der Waals surface area contributed by atoms with E-state index in [1.54, 1.807) is 6.07 Å². The third-order valence-electron chi connectivity index (χ3n) is 1.83. The predicted molar refractivity (Wildman–Crippen MR) is 57.6 cm³/mol. The second-order valence-corrected chi connectivity index (χ2v) is 3.86. The molecule has 1 nitrogen and oxygen atoms in total. The van der Waals surface area contributed by atoms with E-state index in [1.807, 2.05) is 6.92 Å². The van der Waals surface area contributed by atoms with E-state index in [9.17, 15) is 4.39 Å². The highest BCUT2D eigenvalue weighted by atomic mass is 79.9. The molecule has 0 fully saturated rings. The molecule has 0 bridgehead atoms. The second-order valence-electron chi connectivity index (χ2n) is 3.01. The van der Waals surface area contributed by atoms with Gasteiger partial charge in [-0.05, 0) is 47.0 Å². The van der Waals surface area contributed by atoms with E-state index in [-0.39, 0.29) is 5.82 Å². The molecule has 0 heterocycles. The highest BCUT2D eigenvalue weighted by Crippen LogP contribution is 2.23. The second kappa shape index (κ2) is 4.61. The van der Waals surface area contributed by atoms with Gasteiger partial charge in [-0.3, -0.25) is 0 Å². The maximum absolute atomic E-state index is 13.0. The molecule has 1 N–H and O–H groups in total. The first-order valence-electron chi connectivity index (χ1n) is 4.34. The SMILES string of the molecule is CCCNc1cc(Br)c(F)cc1C. The Morgan fingerprint density at radius 3 is 2.77 bits per heavy atom. The lowest BCUT2D eigenvalue weighted by molar-refractivity contribution is 0.620. The van der Waals surface area contributed by atoms with Crippen molar-refractivity contribution in [3.05, 3.63) is 28.0 Å². The van der Waals surface area contributed by atoms with E-state index >= 15 is 0 Å². The van der Waals surface area contributed by atoms with E-state index in [2.05, 4.69) is 28.2 Å². The molecule has 0 saturated carbocycles. The fourth-order valence-electron chi connectivity index (χ4n) is 1.10. The van der Waals surface area contributed by atoms with E-state index < -0.39 is 0 Å². The molecule has 72 valence electrons. The summed E-state index contributed by atoms with van der Waals surface area (Å²) in [5, 5.41) is 3.23. The minimum Gasteiger partial charge on any atom is -0.385 e. The van der Waals surface area contributed by atoms with Gasteiger partial charge in [0.2, 0.25) is 0 Å². The van der Waals surface area contributed by atoms with Crippen LogP contribution in [-0.4, -0.2) is 6.54 Å². The summed E-state index contributed by atoms with van der Waals surface area (Å²) in [4.78, 5) is 0. The highest BCUT2D eigenvalue weighted by Gasteiger charge is 2.03. The summed E-state index contributed by atoms with van der Waals surface area (Å²) in [6, 6.07) is 3.31. The summed E-state index contributed by atoms with van der Waals surface area (Å²) in [7, 11) is 0. The van der Waals surface area contributed by atoms with Crippen LogP contribution in [0.4, 0.5) is 10.1 Å². The van der Waals surface area contributed by atoms with Crippen LogP contribution in [0.3, 0.4) is 0 Å². The van der Waals surface area contributed by atoms with Gasteiger partial charge in [0.15, 0.2) is 0 Å². The Kier molecular flexibility index (Phi) is 3.72. The topological polar surface area (TPSA) is 12.0 Å². The van der Waals surface area contributed by atoms with Crippen molar-refractivity contribution in [1.29, 1.82) is 0 Å². The predicted octanol–water partition coefficient (Wildman–Crippen LogP) is 3.72. The van der Waals surface area contributed by atoms with E-state index in [4.69, 9.17) is 0 Å².